The molecule has 0 fully saturated rings. The third kappa shape index (κ3) is 2.02. The standard InChI is InChI=1S/C17H16BrN.ClH/c1-17-10-12-8-13(18)7-6-11(12)9-16(19-17)14-4-2-3-5-15(14)17;/h2-8,16,19H,9-10H2,1H3;1H. The van der Waals surface area contributed by atoms with Crippen LogP contribution >= 0.6 is 28.3 Å². The van der Waals surface area contributed by atoms with Gasteiger partial charge < -0.3 is 5.32 Å². The van der Waals surface area contributed by atoms with Gasteiger partial charge in [0.2, 0.25) is 0 Å². The number of halogens is 2. The second-order valence-electron chi connectivity index (χ2n) is 5.91. The van der Waals surface area contributed by atoms with E-state index in [9.17, 15) is 0 Å². The van der Waals surface area contributed by atoms with Crippen LogP contribution in [-0.4, -0.2) is 0 Å². The molecule has 2 aromatic carbocycles. The lowest BCUT2D eigenvalue weighted by Gasteiger charge is -2.26. The lowest BCUT2D eigenvalue weighted by Crippen LogP contribution is -2.36. The Kier molecular flexibility index (Phi) is 3.44. The Labute approximate surface area is 134 Å². The predicted molar refractivity (Wildman–Crippen MR) is 88.5 cm³/mol. The molecule has 2 heterocycles. The van der Waals surface area contributed by atoms with Crippen LogP contribution in [-0.2, 0) is 18.4 Å². The van der Waals surface area contributed by atoms with Crippen LogP contribution in [0.2, 0.25) is 0 Å². The van der Waals surface area contributed by atoms with E-state index < -0.39 is 0 Å². The highest BCUT2D eigenvalue weighted by Crippen LogP contribution is 2.44. The number of fused-ring (bicyclic) bond motifs is 6. The number of benzene rings is 2. The molecule has 0 amide bonds. The Bertz CT molecular complexity index is 670. The summed E-state index contributed by atoms with van der Waals surface area (Å²) >= 11 is 3.60. The van der Waals surface area contributed by atoms with Crippen molar-refractivity contribution in [3.05, 3.63) is 69.2 Å². The summed E-state index contributed by atoms with van der Waals surface area (Å²) in [4.78, 5) is 0. The van der Waals surface area contributed by atoms with E-state index in [1.54, 1.807) is 0 Å². The van der Waals surface area contributed by atoms with E-state index in [4.69, 9.17) is 0 Å². The molecular weight excluding hydrogens is 334 g/mol. The molecule has 2 bridgehead atoms. The third-order valence-corrected chi connectivity index (χ3v) is 5.05. The van der Waals surface area contributed by atoms with Crippen molar-refractivity contribution in [3.8, 4) is 0 Å². The summed E-state index contributed by atoms with van der Waals surface area (Å²) in [6.45, 7) is 2.34. The SMILES string of the molecule is CC12Cc3cc(Br)ccc3CC(N1)c1ccccc12.Cl. The quantitative estimate of drug-likeness (QED) is 0.736. The summed E-state index contributed by atoms with van der Waals surface area (Å²) in [5.41, 5.74) is 6.00. The minimum absolute atomic E-state index is 0. The predicted octanol–water partition coefficient (Wildman–Crippen LogP) is 4.53. The molecule has 2 atom stereocenters. The van der Waals surface area contributed by atoms with Crippen molar-refractivity contribution in [1.82, 2.24) is 5.32 Å². The number of hydrogen-bond acceptors (Lipinski definition) is 1. The molecule has 3 heteroatoms. The largest absolute Gasteiger partial charge is 0.300 e. The van der Waals surface area contributed by atoms with Gasteiger partial charge in [0.25, 0.3) is 0 Å². The van der Waals surface area contributed by atoms with Crippen molar-refractivity contribution >= 4 is 28.3 Å². The first-order chi connectivity index (χ1) is 9.16. The number of nitrogens with one attached hydrogen (secondary N) is 1. The van der Waals surface area contributed by atoms with E-state index in [1.165, 1.54) is 26.7 Å². The van der Waals surface area contributed by atoms with Gasteiger partial charge in [0.1, 0.15) is 0 Å². The van der Waals surface area contributed by atoms with Gasteiger partial charge in [0.05, 0.1) is 0 Å². The molecule has 4 rings (SSSR count). The van der Waals surface area contributed by atoms with Gasteiger partial charge >= 0.3 is 0 Å². The summed E-state index contributed by atoms with van der Waals surface area (Å²) in [6.07, 6.45) is 2.16. The normalized spacial score (nSPS) is 26.2. The van der Waals surface area contributed by atoms with Gasteiger partial charge in [-0.05, 0) is 54.2 Å². The number of rotatable bonds is 0. The first-order valence-corrected chi connectivity index (χ1v) is 7.59. The summed E-state index contributed by atoms with van der Waals surface area (Å²) < 4.78 is 1.18. The minimum atomic E-state index is 0. The van der Waals surface area contributed by atoms with E-state index in [0.29, 0.717) is 6.04 Å². The fourth-order valence-electron chi connectivity index (χ4n) is 3.71. The van der Waals surface area contributed by atoms with Crippen molar-refractivity contribution in [3.63, 3.8) is 0 Å². The van der Waals surface area contributed by atoms with E-state index in [-0.39, 0.29) is 17.9 Å². The van der Waals surface area contributed by atoms with Crippen molar-refractivity contribution in [2.45, 2.75) is 31.3 Å². The van der Waals surface area contributed by atoms with E-state index in [2.05, 4.69) is 70.6 Å². The van der Waals surface area contributed by atoms with E-state index in [1.807, 2.05) is 0 Å². The second kappa shape index (κ2) is 4.87. The average molecular weight is 351 g/mol. The van der Waals surface area contributed by atoms with Gasteiger partial charge in [-0.1, -0.05) is 46.3 Å². The highest BCUT2D eigenvalue weighted by atomic mass is 79.9. The Morgan fingerprint density at radius 2 is 1.95 bits per heavy atom. The van der Waals surface area contributed by atoms with Crippen LogP contribution in [0.25, 0.3) is 0 Å². The van der Waals surface area contributed by atoms with Gasteiger partial charge in [-0.15, -0.1) is 12.4 Å². The van der Waals surface area contributed by atoms with Crippen molar-refractivity contribution in [1.29, 1.82) is 0 Å². The average Bonchev–Trinajstić information content (AvgIpc) is 2.57. The molecule has 0 aromatic heterocycles. The number of hydrogen-bond donors (Lipinski definition) is 1. The van der Waals surface area contributed by atoms with Crippen LogP contribution in [0.1, 0.15) is 35.2 Å². The highest BCUT2D eigenvalue weighted by molar-refractivity contribution is 9.10. The van der Waals surface area contributed by atoms with Crippen molar-refractivity contribution in [2.24, 2.45) is 0 Å². The zero-order chi connectivity index (χ0) is 13.0. The Balaban J connectivity index is 0.00000121. The minimum Gasteiger partial charge on any atom is -0.300 e. The van der Waals surface area contributed by atoms with E-state index in [0.717, 1.165) is 12.8 Å². The molecule has 20 heavy (non-hydrogen) atoms. The summed E-state index contributed by atoms with van der Waals surface area (Å²) in [7, 11) is 0. The van der Waals surface area contributed by atoms with Gasteiger partial charge in [0.15, 0.2) is 0 Å². The van der Waals surface area contributed by atoms with Gasteiger partial charge in [0, 0.05) is 16.1 Å². The summed E-state index contributed by atoms with van der Waals surface area (Å²) in [6, 6.07) is 16.1. The first kappa shape index (κ1) is 14.1. The zero-order valence-corrected chi connectivity index (χ0v) is 13.7. The van der Waals surface area contributed by atoms with Crippen molar-refractivity contribution < 1.29 is 0 Å². The van der Waals surface area contributed by atoms with Crippen molar-refractivity contribution in [2.75, 3.05) is 0 Å². The maximum atomic E-state index is 3.85. The molecule has 2 aliphatic rings. The fraction of sp³-hybridized carbons (Fsp3) is 0.294. The molecule has 0 saturated heterocycles. The lowest BCUT2D eigenvalue weighted by molar-refractivity contribution is 0.368. The van der Waals surface area contributed by atoms with Gasteiger partial charge in [-0.2, -0.15) is 0 Å². The molecule has 1 N–H and O–H groups in total. The van der Waals surface area contributed by atoms with Crippen LogP contribution in [0.15, 0.2) is 46.9 Å². The molecule has 2 aromatic rings. The van der Waals surface area contributed by atoms with Crippen LogP contribution in [0.4, 0.5) is 0 Å². The molecule has 1 nitrogen and oxygen atoms in total. The zero-order valence-electron chi connectivity index (χ0n) is 11.3. The molecule has 0 spiro atoms. The van der Waals surface area contributed by atoms with Crippen LogP contribution < -0.4 is 5.32 Å². The van der Waals surface area contributed by atoms with E-state index >= 15 is 0 Å². The molecule has 2 aliphatic heterocycles. The monoisotopic (exact) mass is 349 g/mol. The Morgan fingerprint density at radius 1 is 1.15 bits per heavy atom. The maximum Gasteiger partial charge on any atom is 0.0455 e. The second-order valence-corrected chi connectivity index (χ2v) is 6.83. The molecule has 2 unspecified atom stereocenters. The maximum absolute atomic E-state index is 3.85. The molecule has 0 aliphatic carbocycles. The highest BCUT2D eigenvalue weighted by Gasteiger charge is 2.41. The third-order valence-electron chi connectivity index (χ3n) is 4.56. The topological polar surface area (TPSA) is 12.0 Å². The van der Waals surface area contributed by atoms with Crippen LogP contribution in [0, 0.1) is 0 Å². The molecule has 104 valence electrons. The Morgan fingerprint density at radius 3 is 2.80 bits per heavy atom. The lowest BCUT2D eigenvalue weighted by atomic mass is 9.82. The van der Waals surface area contributed by atoms with Gasteiger partial charge in [-0.3, -0.25) is 0 Å². The summed E-state index contributed by atoms with van der Waals surface area (Å²) in [5.74, 6) is 0. The van der Waals surface area contributed by atoms with Crippen LogP contribution in [0.5, 0.6) is 0 Å². The molecule has 0 radical (unpaired) electrons. The van der Waals surface area contributed by atoms with Gasteiger partial charge in [-0.25, -0.2) is 0 Å². The molecule has 0 saturated carbocycles. The fourth-order valence-corrected chi connectivity index (χ4v) is 4.12. The molecular formula is C17H17BrClN. The summed E-state index contributed by atoms with van der Waals surface area (Å²) in [5, 5.41) is 3.85. The smallest absolute Gasteiger partial charge is 0.0455 e. The first-order valence-electron chi connectivity index (χ1n) is 6.80. The Hall–Kier alpha value is -0.830. The van der Waals surface area contributed by atoms with Crippen LogP contribution in [0.3, 0.4) is 0 Å².